The molecular weight excluding hydrogens is 304 g/mol. The summed E-state index contributed by atoms with van der Waals surface area (Å²) in [7, 11) is -1.60. The van der Waals surface area contributed by atoms with Crippen LogP contribution in [-0.2, 0) is 4.43 Å². The van der Waals surface area contributed by atoms with Gasteiger partial charge in [-0.25, -0.2) is 0 Å². The summed E-state index contributed by atoms with van der Waals surface area (Å²) in [5, 5.41) is 0.317. The van der Waals surface area contributed by atoms with Gasteiger partial charge in [0.2, 0.25) is 0 Å². The molecule has 1 nitrogen and oxygen atoms in total. The minimum absolute atomic E-state index is 0. The molecule has 0 radical (unpaired) electrons. The Morgan fingerprint density at radius 2 is 1.59 bits per heavy atom. The van der Waals surface area contributed by atoms with Crippen LogP contribution in [0.4, 0.5) is 0 Å². The Bertz CT molecular complexity index is 220. The quantitative estimate of drug-likeness (QED) is 0.557. The Balaban J connectivity index is 0. The van der Waals surface area contributed by atoms with Gasteiger partial charge in [-0.15, -0.1) is 0 Å². The average molecular weight is 332 g/mol. The van der Waals surface area contributed by atoms with E-state index < -0.39 is 8.32 Å². The summed E-state index contributed by atoms with van der Waals surface area (Å²) >= 11 is 0. The van der Waals surface area contributed by atoms with Crippen molar-refractivity contribution in [2.24, 2.45) is 0 Å². The first-order valence-electron chi connectivity index (χ1n) is 6.22. The third-order valence-corrected chi connectivity index (χ3v) is 8.80. The SMILES string of the molecule is [Br-].[CH2-]CC1(O[Si](C)(C)C(C)(C)C)CCCC1.[Mg+2]. The molecule has 1 aliphatic rings. The van der Waals surface area contributed by atoms with Crippen molar-refractivity contribution >= 4 is 31.4 Å². The monoisotopic (exact) mass is 330 g/mol. The van der Waals surface area contributed by atoms with Crippen molar-refractivity contribution in [2.45, 2.75) is 76.6 Å². The standard InChI is InChI=1S/C13H27OSi.BrH.Mg/c1-7-13(10-8-9-11-13)14-15(5,6)12(2,3)4;;/h1,7-11H2,2-6H3;1H;/q-1;;+2/p-1. The molecule has 0 N–H and O–H groups in total. The van der Waals surface area contributed by atoms with Gasteiger partial charge in [-0.2, -0.15) is 6.42 Å². The van der Waals surface area contributed by atoms with Gasteiger partial charge in [0.15, 0.2) is 8.32 Å². The van der Waals surface area contributed by atoms with Crippen molar-refractivity contribution < 1.29 is 21.4 Å². The molecule has 0 aromatic rings. The first-order valence-corrected chi connectivity index (χ1v) is 9.13. The number of halogens is 1. The second-order valence-electron chi connectivity index (χ2n) is 6.50. The molecule has 0 bridgehead atoms. The minimum atomic E-state index is -1.60. The largest absolute Gasteiger partial charge is 2.00 e. The summed E-state index contributed by atoms with van der Waals surface area (Å²) < 4.78 is 6.58. The molecule has 98 valence electrons. The summed E-state index contributed by atoms with van der Waals surface area (Å²) in [5.74, 6) is 0. The van der Waals surface area contributed by atoms with E-state index in [0.717, 1.165) is 6.42 Å². The fourth-order valence-electron chi connectivity index (χ4n) is 2.12. The molecule has 0 saturated heterocycles. The normalized spacial score (nSPS) is 19.4. The van der Waals surface area contributed by atoms with E-state index in [9.17, 15) is 0 Å². The molecule has 0 heterocycles. The van der Waals surface area contributed by atoms with E-state index in [1.807, 2.05) is 0 Å². The molecule has 4 heteroatoms. The predicted octanol–water partition coefficient (Wildman–Crippen LogP) is 1.17. The molecule has 0 aromatic carbocycles. The number of hydrogen-bond donors (Lipinski definition) is 0. The van der Waals surface area contributed by atoms with E-state index in [1.54, 1.807) is 0 Å². The van der Waals surface area contributed by atoms with Gasteiger partial charge in [-0.3, -0.25) is 0 Å². The van der Waals surface area contributed by atoms with E-state index in [4.69, 9.17) is 4.43 Å². The maximum absolute atomic E-state index is 6.58. The van der Waals surface area contributed by atoms with E-state index in [1.165, 1.54) is 25.7 Å². The maximum Gasteiger partial charge on any atom is 2.00 e. The Labute approximate surface area is 136 Å². The third-order valence-electron chi connectivity index (χ3n) is 4.25. The molecule has 1 saturated carbocycles. The number of rotatable bonds is 3. The van der Waals surface area contributed by atoms with Gasteiger partial charge in [0.25, 0.3) is 0 Å². The predicted molar refractivity (Wildman–Crippen MR) is 75.2 cm³/mol. The molecule has 1 fully saturated rings. The van der Waals surface area contributed by atoms with Crippen LogP contribution < -0.4 is 17.0 Å². The Hall–Kier alpha value is 1.42. The van der Waals surface area contributed by atoms with Crippen LogP contribution in [0.1, 0.15) is 52.9 Å². The van der Waals surface area contributed by atoms with Crippen LogP contribution in [0.5, 0.6) is 0 Å². The van der Waals surface area contributed by atoms with Gasteiger partial charge in [0.05, 0.1) is 0 Å². The Morgan fingerprint density at radius 1 is 1.18 bits per heavy atom. The summed E-state index contributed by atoms with van der Waals surface area (Å²) in [6.07, 6.45) is 6.04. The molecular formula is C13H27BrMgOSi. The third kappa shape index (κ3) is 5.13. The van der Waals surface area contributed by atoms with Gasteiger partial charge in [0.1, 0.15) is 0 Å². The van der Waals surface area contributed by atoms with Crippen molar-refractivity contribution in [2.75, 3.05) is 0 Å². The smallest absolute Gasteiger partial charge is 1.00 e. The maximum atomic E-state index is 6.58. The molecule has 1 aliphatic carbocycles. The fraction of sp³-hybridized carbons (Fsp3) is 0.923. The van der Waals surface area contributed by atoms with Gasteiger partial charge in [0, 0.05) is 5.60 Å². The van der Waals surface area contributed by atoms with E-state index in [2.05, 4.69) is 40.8 Å². The van der Waals surface area contributed by atoms with Gasteiger partial charge < -0.3 is 28.3 Å². The van der Waals surface area contributed by atoms with Crippen LogP contribution in [0.25, 0.3) is 0 Å². The van der Waals surface area contributed by atoms with Crippen molar-refractivity contribution in [3.63, 3.8) is 0 Å². The van der Waals surface area contributed by atoms with Gasteiger partial charge in [-0.05, 0) is 31.0 Å². The molecule has 0 aromatic heterocycles. The van der Waals surface area contributed by atoms with Crippen molar-refractivity contribution in [3.8, 4) is 0 Å². The topological polar surface area (TPSA) is 9.23 Å². The van der Waals surface area contributed by atoms with Crippen LogP contribution in [0.2, 0.25) is 18.1 Å². The minimum Gasteiger partial charge on any atom is -1.00 e. The fourth-order valence-corrected chi connectivity index (χ4v) is 3.81. The zero-order valence-electron chi connectivity index (χ0n) is 12.2. The van der Waals surface area contributed by atoms with Crippen molar-refractivity contribution in [1.82, 2.24) is 0 Å². The molecule has 0 aliphatic heterocycles. The Morgan fingerprint density at radius 3 is 1.88 bits per heavy atom. The van der Waals surface area contributed by atoms with Crippen LogP contribution in [0.15, 0.2) is 0 Å². The van der Waals surface area contributed by atoms with Crippen LogP contribution in [0.3, 0.4) is 0 Å². The average Bonchev–Trinajstić information content (AvgIpc) is 2.51. The summed E-state index contributed by atoms with van der Waals surface area (Å²) in [5.41, 5.74) is 0.128. The van der Waals surface area contributed by atoms with Gasteiger partial charge >= 0.3 is 23.1 Å². The summed E-state index contributed by atoms with van der Waals surface area (Å²) in [4.78, 5) is 0. The zero-order chi connectivity index (χ0) is 11.7. The molecule has 17 heavy (non-hydrogen) atoms. The van der Waals surface area contributed by atoms with Crippen LogP contribution in [0, 0.1) is 6.92 Å². The Kier molecular flexibility index (Phi) is 8.87. The first-order chi connectivity index (χ1) is 6.72. The molecule has 0 spiro atoms. The first kappa shape index (κ1) is 20.7. The molecule has 1 rings (SSSR count). The summed E-state index contributed by atoms with van der Waals surface area (Å²) in [6, 6.07) is 0. The van der Waals surface area contributed by atoms with Crippen LogP contribution in [-0.4, -0.2) is 37.0 Å². The van der Waals surface area contributed by atoms with E-state index in [-0.39, 0.29) is 45.6 Å². The molecule has 0 amide bonds. The second-order valence-corrected chi connectivity index (χ2v) is 11.2. The van der Waals surface area contributed by atoms with Crippen molar-refractivity contribution in [3.05, 3.63) is 6.92 Å². The molecule has 0 atom stereocenters. The van der Waals surface area contributed by atoms with Crippen molar-refractivity contribution in [1.29, 1.82) is 0 Å². The molecule has 0 unspecified atom stereocenters. The number of hydrogen-bond acceptors (Lipinski definition) is 1. The van der Waals surface area contributed by atoms with E-state index >= 15 is 0 Å². The van der Waals surface area contributed by atoms with E-state index in [0.29, 0.717) is 5.04 Å². The second kappa shape index (κ2) is 7.27. The van der Waals surface area contributed by atoms with Crippen LogP contribution >= 0.6 is 0 Å². The van der Waals surface area contributed by atoms with Gasteiger partial charge in [-0.1, -0.05) is 33.6 Å². The zero-order valence-corrected chi connectivity index (χ0v) is 16.2. The summed E-state index contributed by atoms with van der Waals surface area (Å²) in [6.45, 7) is 15.7.